The van der Waals surface area contributed by atoms with E-state index in [1.165, 1.54) is 18.2 Å². The second-order valence-corrected chi connectivity index (χ2v) is 5.82. The van der Waals surface area contributed by atoms with Gasteiger partial charge >= 0.3 is 0 Å². The Morgan fingerprint density at radius 3 is 2.58 bits per heavy atom. The molecule has 4 nitrogen and oxygen atoms in total. The summed E-state index contributed by atoms with van der Waals surface area (Å²) in [5.41, 5.74) is 1.30. The fourth-order valence-corrected chi connectivity index (χ4v) is 2.52. The second kappa shape index (κ2) is 8.38. The van der Waals surface area contributed by atoms with Crippen LogP contribution >= 0.6 is 0 Å². The number of oxazole rings is 1. The molecule has 3 rings (SSSR count). The second-order valence-electron chi connectivity index (χ2n) is 5.82. The van der Waals surface area contributed by atoms with Crippen molar-refractivity contribution in [3.8, 4) is 11.3 Å². The molecule has 0 aliphatic heterocycles. The summed E-state index contributed by atoms with van der Waals surface area (Å²) in [5.74, 6) is 0.229. The van der Waals surface area contributed by atoms with Crippen molar-refractivity contribution in [1.82, 2.24) is 10.3 Å². The van der Waals surface area contributed by atoms with Gasteiger partial charge in [-0.2, -0.15) is 0 Å². The lowest BCUT2D eigenvalue weighted by molar-refractivity contribution is -0.121. The van der Waals surface area contributed by atoms with E-state index >= 15 is 0 Å². The van der Waals surface area contributed by atoms with Crippen LogP contribution in [-0.2, 0) is 17.6 Å². The molecule has 0 saturated carbocycles. The van der Waals surface area contributed by atoms with Crippen LogP contribution in [0.15, 0.2) is 59.1 Å². The zero-order valence-electron chi connectivity index (χ0n) is 14.0. The first-order valence-corrected chi connectivity index (χ1v) is 8.32. The monoisotopic (exact) mass is 356 g/mol. The van der Waals surface area contributed by atoms with Crippen molar-refractivity contribution in [3.05, 3.63) is 77.8 Å². The number of amides is 1. The van der Waals surface area contributed by atoms with Crippen LogP contribution in [0.1, 0.15) is 17.9 Å². The molecule has 0 aliphatic rings. The first-order valence-electron chi connectivity index (χ1n) is 8.32. The summed E-state index contributed by atoms with van der Waals surface area (Å²) < 4.78 is 32.0. The van der Waals surface area contributed by atoms with Gasteiger partial charge in [0.15, 0.2) is 11.7 Å². The summed E-state index contributed by atoms with van der Waals surface area (Å²) in [6, 6.07) is 12.4. The summed E-state index contributed by atoms with van der Waals surface area (Å²) in [6.07, 6.45) is 2.57. The van der Waals surface area contributed by atoms with Gasteiger partial charge in [-0.1, -0.05) is 18.2 Å². The predicted octanol–water partition coefficient (Wildman–Crippen LogP) is 3.91. The third-order valence-electron chi connectivity index (χ3n) is 3.92. The molecule has 0 spiro atoms. The van der Waals surface area contributed by atoms with Crippen molar-refractivity contribution in [2.24, 2.45) is 0 Å². The molecule has 6 heteroatoms. The van der Waals surface area contributed by atoms with Crippen molar-refractivity contribution in [2.45, 2.75) is 19.3 Å². The third-order valence-corrected chi connectivity index (χ3v) is 3.92. The van der Waals surface area contributed by atoms with Crippen LogP contribution in [0.3, 0.4) is 0 Å². The fourth-order valence-electron chi connectivity index (χ4n) is 2.52. The maximum atomic E-state index is 13.5. The minimum atomic E-state index is -0.319. The average Bonchev–Trinajstić information content (AvgIpc) is 3.11. The zero-order valence-corrected chi connectivity index (χ0v) is 14.0. The van der Waals surface area contributed by atoms with E-state index in [0.717, 1.165) is 5.56 Å². The van der Waals surface area contributed by atoms with Gasteiger partial charge in [-0.3, -0.25) is 4.79 Å². The minimum absolute atomic E-state index is 0.150. The van der Waals surface area contributed by atoms with Crippen molar-refractivity contribution < 1.29 is 18.0 Å². The van der Waals surface area contributed by atoms with Crippen LogP contribution in [0, 0.1) is 11.6 Å². The van der Waals surface area contributed by atoms with E-state index in [2.05, 4.69) is 10.3 Å². The predicted molar refractivity (Wildman–Crippen MR) is 93.3 cm³/mol. The van der Waals surface area contributed by atoms with Crippen LogP contribution in [0.2, 0.25) is 0 Å². The molecule has 0 fully saturated rings. The van der Waals surface area contributed by atoms with Crippen molar-refractivity contribution >= 4 is 5.91 Å². The number of rotatable bonds is 7. The number of nitrogens with zero attached hydrogens (tertiary/aromatic N) is 1. The highest BCUT2D eigenvalue weighted by Gasteiger charge is 2.09. The van der Waals surface area contributed by atoms with Crippen LogP contribution in [0.25, 0.3) is 11.3 Å². The number of nitrogens with one attached hydrogen (secondary N) is 1. The lowest BCUT2D eigenvalue weighted by atomic mass is 10.1. The van der Waals surface area contributed by atoms with Crippen LogP contribution in [-0.4, -0.2) is 17.4 Å². The summed E-state index contributed by atoms with van der Waals surface area (Å²) >= 11 is 0. The number of aromatic nitrogens is 1. The standard InChI is InChI=1S/C20H18F2N2O2/c21-16-7-5-15(6-8-16)18-13-24-20(26-18)10-9-19(25)23-12-11-14-3-1-2-4-17(14)22/h1-8,13H,9-12H2,(H,23,25). The molecule has 0 unspecified atom stereocenters. The number of aryl methyl sites for hydroxylation is 1. The Morgan fingerprint density at radius 1 is 1.04 bits per heavy atom. The van der Waals surface area contributed by atoms with Gasteiger partial charge in [0.2, 0.25) is 5.91 Å². The van der Waals surface area contributed by atoms with Gasteiger partial charge in [0.05, 0.1) is 6.20 Å². The van der Waals surface area contributed by atoms with Gasteiger partial charge in [-0.05, 0) is 42.3 Å². The SMILES string of the molecule is O=C(CCc1ncc(-c2ccc(F)cc2)o1)NCCc1ccccc1F. The van der Waals surface area contributed by atoms with Crippen molar-refractivity contribution in [3.63, 3.8) is 0 Å². The molecule has 0 radical (unpaired) electrons. The number of halogens is 2. The van der Waals surface area contributed by atoms with Gasteiger partial charge < -0.3 is 9.73 Å². The van der Waals surface area contributed by atoms with E-state index in [0.29, 0.717) is 36.6 Å². The van der Waals surface area contributed by atoms with Gasteiger partial charge in [-0.25, -0.2) is 13.8 Å². The summed E-state index contributed by atoms with van der Waals surface area (Å²) in [5, 5.41) is 2.76. The molecule has 2 aromatic carbocycles. The first kappa shape index (κ1) is 17.8. The molecule has 0 bridgehead atoms. The molecule has 0 atom stereocenters. The molecule has 1 amide bonds. The lowest BCUT2D eigenvalue weighted by Crippen LogP contribution is -2.26. The average molecular weight is 356 g/mol. The molecule has 1 heterocycles. The van der Waals surface area contributed by atoms with Crippen molar-refractivity contribution in [1.29, 1.82) is 0 Å². The Labute approximate surface area is 149 Å². The van der Waals surface area contributed by atoms with E-state index in [-0.39, 0.29) is 24.0 Å². The number of benzene rings is 2. The highest BCUT2D eigenvalue weighted by atomic mass is 19.1. The Kier molecular flexibility index (Phi) is 5.73. The number of hydrogen-bond acceptors (Lipinski definition) is 3. The molecular formula is C20H18F2N2O2. The lowest BCUT2D eigenvalue weighted by Gasteiger charge is -2.05. The molecule has 0 aliphatic carbocycles. The Bertz CT molecular complexity index is 876. The van der Waals surface area contributed by atoms with Gasteiger partial charge in [0.25, 0.3) is 0 Å². The van der Waals surface area contributed by atoms with E-state index in [1.54, 1.807) is 36.5 Å². The van der Waals surface area contributed by atoms with E-state index in [9.17, 15) is 13.6 Å². The van der Waals surface area contributed by atoms with Gasteiger partial charge in [0.1, 0.15) is 11.6 Å². The smallest absolute Gasteiger partial charge is 0.220 e. The highest BCUT2D eigenvalue weighted by Crippen LogP contribution is 2.21. The van der Waals surface area contributed by atoms with Gasteiger partial charge in [0, 0.05) is 24.9 Å². The van der Waals surface area contributed by atoms with Crippen molar-refractivity contribution in [2.75, 3.05) is 6.54 Å². The van der Waals surface area contributed by atoms with E-state index < -0.39 is 0 Å². The topological polar surface area (TPSA) is 55.1 Å². The van der Waals surface area contributed by atoms with Crippen LogP contribution in [0.4, 0.5) is 8.78 Å². The maximum absolute atomic E-state index is 13.5. The largest absolute Gasteiger partial charge is 0.441 e. The molecule has 1 N–H and O–H groups in total. The van der Waals surface area contributed by atoms with Gasteiger partial charge in [-0.15, -0.1) is 0 Å². The Balaban J connectivity index is 1.45. The number of hydrogen-bond donors (Lipinski definition) is 1. The minimum Gasteiger partial charge on any atom is -0.441 e. The molecule has 1 aromatic heterocycles. The normalized spacial score (nSPS) is 10.7. The number of carbonyl (C=O) groups excluding carboxylic acids is 1. The van der Waals surface area contributed by atoms with Crippen LogP contribution in [0.5, 0.6) is 0 Å². The summed E-state index contributed by atoms with van der Waals surface area (Å²) in [7, 11) is 0. The Morgan fingerprint density at radius 2 is 1.81 bits per heavy atom. The molecule has 0 saturated heterocycles. The Hall–Kier alpha value is -3.02. The maximum Gasteiger partial charge on any atom is 0.220 e. The highest BCUT2D eigenvalue weighted by molar-refractivity contribution is 5.76. The zero-order chi connectivity index (χ0) is 18.4. The fraction of sp³-hybridized carbons (Fsp3) is 0.200. The summed E-state index contributed by atoms with van der Waals surface area (Å²) in [4.78, 5) is 16.0. The molecule has 3 aromatic rings. The third kappa shape index (κ3) is 4.75. The molecule has 134 valence electrons. The quantitative estimate of drug-likeness (QED) is 0.698. The summed E-state index contributed by atoms with van der Waals surface area (Å²) in [6.45, 7) is 0.367. The van der Waals surface area contributed by atoms with Crippen LogP contribution < -0.4 is 5.32 Å². The number of carbonyl (C=O) groups is 1. The van der Waals surface area contributed by atoms with E-state index in [1.807, 2.05) is 0 Å². The molecule has 26 heavy (non-hydrogen) atoms. The van der Waals surface area contributed by atoms with E-state index in [4.69, 9.17) is 4.42 Å². The molecular weight excluding hydrogens is 338 g/mol. The first-order chi connectivity index (χ1) is 12.6.